The Hall–Kier alpha value is -2.48. The van der Waals surface area contributed by atoms with Crippen molar-refractivity contribution in [2.24, 2.45) is 0 Å². The Morgan fingerprint density at radius 2 is 1.81 bits per heavy atom. The molecular weight excluding hydrogens is 374 g/mol. The Kier molecular flexibility index (Phi) is 8.87. The van der Waals surface area contributed by atoms with Crippen molar-refractivity contribution in [3.63, 3.8) is 0 Å². The van der Waals surface area contributed by atoms with E-state index in [2.05, 4.69) is 0 Å². The van der Waals surface area contributed by atoms with E-state index in [4.69, 9.17) is 14.7 Å². The molecule has 0 aromatic heterocycles. The van der Waals surface area contributed by atoms with Gasteiger partial charge in [0, 0.05) is 20.7 Å². The molecule has 0 fully saturated rings. The van der Waals surface area contributed by atoms with Crippen molar-refractivity contribution in [1.82, 2.24) is 9.21 Å². The summed E-state index contributed by atoms with van der Waals surface area (Å²) in [6, 6.07) is 7.27. The van der Waals surface area contributed by atoms with Crippen molar-refractivity contribution >= 4 is 21.9 Å². The SMILES string of the molecule is CCOC(=O)CN(CCOC)C(=O)CN(C)S(=O)(=O)c1ccc(C#N)cc1. The van der Waals surface area contributed by atoms with Crippen LogP contribution in [-0.4, -0.2) is 76.5 Å². The van der Waals surface area contributed by atoms with Crippen molar-refractivity contribution in [3.8, 4) is 6.07 Å². The van der Waals surface area contributed by atoms with E-state index in [-0.39, 0.29) is 31.2 Å². The minimum atomic E-state index is -3.92. The molecule has 0 aliphatic heterocycles. The molecule has 148 valence electrons. The fraction of sp³-hybridized carbons (Fsp3) is 0.471. The predicted octanol–water partition coefficient (Wildman–Crippen LogP) is 0.217. The van der Waals surface area contributed by atoms with Gasteiger partial charge in [-0.2, -0.15) is 9.57 Å². The highest BCUT2D eigenvalue weighted by atomic mass is 32.2. The molecule has 1 rings (SSSR count). The van der Waals surface area contributed by atoms with Gasteiger partial charge in [0.05, 0.1) is 36.3 Å². The van der Waals surface area contributed by atoms with Crippen LogP contribution in [0.2, 0.25) is 0 Å². The Labute approximate surface area is 159 Å². The van der Waals surface area contributed by atoms with Gasteiger partial charge in [-0.1, -0.05) is 0 Å². The van der Waals surface area contributed by atoms with Gasteiger partial charge < -0.3 is 14.4 Å². The maximum atomic E-state index is 12.6. The molecule has 0 bridgehead atoms. The molecule has 1 aromatic rings. The molecule has 27 heavy (non-hydrogen) atoms. The van der Waals surface area contributed by atoms with Gasteiger partial charge in [-0.05, 0) is 31.2 Å². The van der Waals surface area contributed by atoms with Crippen LogP contribution in [0.15, 0.2) is 29.2 Å². The fourth-order valence-corrected chi connectivity index (χ4v) is 3.23. The maximum Gasteiger partial charge on any atom is 0.325 e. The molecule has 1 aromatic carbocycles. The van der Waals surface area contributed by atoms with E-state index in [1.807, 2.05) is 6.07 Å². The number of rotatable bonds is 10. The topological polar surface area (TPSA) is 117 Å². The number of benzene rings is 1. The summed E-state index contributed by atoms with van der Waals surface area (Å²) >= 11 is 0. The molecule has 0 unspecified atom stereocenters. The van der Waals surface area contributed by atoms with Crippen molar-refractivity contribution in [2.75, 3.05) is 47.0 Å². The third kappa shape index (κ3) is 6.63. The van der Waals surface area contributed by atoms with Crippen LogP contribution in [0.25, 0.3) is 0 Å². The molecule has 0 aliphatic rings. The molecule has 9 nitrogen and oxygen atoms in total. The summed E-state index contributed by atoms with van der Waals surface area (Å²) in [4.78, 5) is 25.3. The zero-order chi connectivity index (χ0) is 20.4. The molecule has 0 spiro atoms. The van der Waals surface area contributed by atoms with E-state index < -0.39 is 28.4 Å². The lowest BCUT2D eigenvalue weighted by atomic mass is 10.2. The third-order valence-corrected chi connectivity index (χ3v) is 5.41. The summed E-state index contributed by atoms with van der Waals surface area (Å²) < 4.78 is 35.8. The van der Waals surface area contributed by atoms with Gasteiger partial charge in [0.1, 0.15) is 6.54 Å². The molecule has 0 saturated carbocycles. The lowest BCUT2D eigenvalue weighted by molar-refractivity contribution is -0.149. The molecule has 0 radical (unpaired) electrons. The summed E-state index contributed by atoms with van der Waals surface area (Å²) in [5.41, 5.74) is 0.327. The number of nitrogens with zero attached hydrogens (tertiary/aromatic N) is 3. The minimum Gasteiger partial charge on any atom is -0.465 e. The first-order valence-electron chi connectivity index (χ1n) is 8.15. The molecule has 0 aliphatic carbocycles. The molecule has 1 amide bonds. The first-order chi connectivity index (χ1) is 12.8. The Balaban J connectivity index is 2.88. The molecular formula is C17H23N3O6S. The maximum absolute atomic E-state index is 12.6. The molecule has 0 heterocycles. The van der Waals surface area contributed by atoms with E-state index in [0.29, 0.717) is 5.56 Å². The number of likely N-dealkylation sites (N-methyl/N-ethyl adjacent to an activating group) is 1. The number of ether oxygens (including phenoxy) is 2. The van der Waals surface area contributed by atoms with E-state index in [1.165, 1.54) is 43.3 Å². The number of carbonyl (C=O) groups is 2. The van der Waals surface area contributed by atoms with Gasteiger partial charge in [-0.25, -0.2) is 8.42 Å². The van der Waals surface area contributed by atoms with Crippen LogP contribution in [0.1, 0.15) is 12.5 Å². The van der Waals surface area contributed by atoms with Crippen LogP contribution in [0.3, 0.4) is 0 Å². The summed E-state index contributed by atoms with van der Waals surface area (Å²) in [5, 5.41) is 8.79. The number of sulfonamides is 1. The zero-order valence-corrected chi connectivity index (χ0v) is 16.4. The molecule has 0 N–H and O–H groups in total. The Bertz CT molecular complexity index is 786. The smallest absolute Gasteiger partial charge is 0.325 e. The standard InChI is InChI=1S/C17H23N3O6S/c1-4-26-17(22)13-20(9-10-25-3)16(21)12-19(2)27(23,24)15-7-5-14(11-18)6-8-15/h5-8H,4,9-10,12-13H2,1-3H3. The van der Waals surface area contributed by atoms with Gasteiger partial charge in [-0.15, -0.1) is 0 Å². The number of hydrogen-bond acceptors (Lipinski definition) is 7. The largest absolute Gasteiger partial charge is 0.465 e. The summed E-state index contributed by atoms with van der Waals surface area (Å²) in [6.07, 6.45) is 0. The van der Waals surface area contributed by atoms with E-state index in [0.717, 1.165) is 4.31 Å². The number of carbonyl (C=O) groups excluding carboxylic acids is 2. The van der Waals surface area contributed by atoms with Crippen molar-refractivity contribution < 1.29 is 27.5 Å². The van der Waals surface area contributed by atoms with Crippen molar-refractivity contribution in [3.05, 3.63) is 29.8 Å². The van der Waals surface area contributed by atoms with Crippen LogP contribution >= 0.6 is 0 Å². The Morgan fingerprint density at radius 1 is 1.19 bits per heavy atom. The second-order valence-corrected chi connectivity index (χ2v) is 7.56. The van der Waals surface area contributed by atoms with Gasteiger partial charge in [0.15, 0.2) is 0 Å². The van der Waals surface area contributed by atoms with Gasteiger partial charge >= 0.3 is 5.97 Å². The monoisotopic (exact) mass is 397 g/mol. The van der Waals surface area contributed by atoms with Gasteiger partial charge in [0.2, 0.25) is 15.9 Å². The lowest BCUT2D eigenvalue weighted by Crippen LogP contribution is -2.44. The first-order valence-corrected chi connectivity index (χ1v) is 9.59. The number of methoxy groups -OCH3 is 1. The average Bonchev–Trinajstić information content (AvgIpc) is 2.65. The predicted molar refractivity (Wildman–Crippen MR) is 96.1 cm³/mol. The highest BCUT2D eigenvalue weighted by molar-refractivity contribution is 7.89. The number of nitriles is 1. The summed E-state index contributed by atoms with van der Waals surface area (Å²) in [7, 11) is -1.20. The summed E-state index contributed by atoms with van der Waals surface area (Å²) in [6.45, 7) is 1.40. The van der Waals surface area contributed by atoms with Gasteiger partial charge in [-0.3, -0.25) is 9.59 Å². The average molecular weight is 397 g/mol. The van der Waals surface area contributed by atoms with Crippen LogP contribution < -0.4 is 0 Å². The fourth-order valence-electron chi connectivity index (χ4n) is 2.11. The van der Waals surface area contributed by atoms with Crippen LogP contribution in [0.5, 0.6) is 0 Å². The van der Waals surface area contributed by atoms with Crippen LogP contribution in [0.4, 0.5) is 0 Å². The van der Waals surface area contributed by atoms with Gasteiger partial charge in [0.25, 0.3) is 0 Å². The van der Waals surface area contributed by atoms with Crippen LogP contribution in [-0.2, 0) is 29.1 Å². The lowest BCUT2D eigenvalue weighted by Gasteiger charge is -2.24. The quantitative estimate of drug-likeness (QED) is 0.518. The van der Waals surface area contributed by atoms with Crippen LogP contribution in [0, 0.1) is 11.3 Å². The van der Waals surface area contributed by atoms with Crippen molar-refractivity contribution in [2.45, 2.75) is 11.8 Å². The third-order valence-electron chi connectivity index (χ3n) is 3.59. The van der Waals surface area contributed by atoms with E-state index >= 15 is 0 Å². The number of amides is 1. The second-order valence-electron chi connectivity index (χ2n) is 5.51. The van der Waals surface area contributed by atoms with E-state index in [9.17, 15) is 18.0 Å². The highest BCUT2D eigenvalue weighted by Crippen LogP contribution is 2.15. The molecule has 0 saturated heterocycles. The number of esters is 1. The summed E-state index contributed by atoms with van der Waals surface area (Å²) in [5.74, 6) is -1.14. The van der Waals surface area contributed by atoms with Crippen molar-refractivity contribution in [1.29, 1.82) is 5.26 Å². The zero-order valence-electron chi connectivity index (χ0n) is 15.5. The first kappa shape index (κ1) is 22.6. The second kappa shape index (κ2) is 10.6. The normalized spacial score (nSPS) is 11.1. The molecule has 0 atom stereocenters. The minimum absolute atomic E-state index is 0.0364. The molecule has 10 heteroatoms. The van der Waals surface area contributed by atoms with E-state index in [1.54, 1.807) is 6.92 Å². The number of hydrogen-bond donors (Lipinski definition) is 0. The highest BCUT2D eigenvalue weighted by Gasteiger charge is 2.26. The Morgan fingerprint density at radius 3 is 2.33 bits per heavy atom.